The molecule has 5 nitrogen and oxygen atoms in total. The first-order valence-corrected chi connectivity index (χ1v) is 10.4. The second-order valence-electron chi connectivity index (χ2n) is 7.58. The molecule has 0 saturated carbocycles. The molecule has 150 valence electrons. The summed E-state index contributed by atoms with van der Waals surface area (Å²) in [5.41, 5.74) is 3.48. The Labute approximate surface area is 181 Å². The summed E-state index contributed by atoms with van der Waals surface area (Å²) in [4.78, 5) is 28.6. The number of furan rings is 1. The van der Waals surface area contributed by atoms with E-state index in [4.69, 9.17) is 8.83 Å². The van der Waals surface area contributed by atoms with Gasteiger partial charge in [-0.25, -0.2) is 0 Å². The normalized spacial score (nSPS) is 15.8. The van der Waals surface area contributed by atoms with E-state index < -0.39 is 6.04 Å². The minimum absolute atomic E-state index is 0.104. The SMILES string of the molecule is Cc1cc2oc3c(c(=O)c2cc1C)[C@H](c1cccc(Br)c1)N(Cc1ccco1)C3=O. The predicted octanol–water partition coefficient (Wildman–Crippen LogP) is 5.51. The Balaban J connectivity index is 1.77. The number of carbonyl (C=O) groups excluding carboxylic acids is 1. The van der Waals surface area contributed by atoms with Crippen molar-refractivity contribution < 1.29 is 13.6 Å². The van der Waals surface area contributed by atoms with Crippen LogP contribution in [0.2, 0.25) is 0 Å². The molecule has 2 aromatic heterocycles. The van der Waals surface area contributed by atoms with Crippen molar-refractivity contribution in [3.63, 3.8) is 0 Å². The highest BCUT2D eigenvalue weighted by atomic mass is 79.9. The molecule has 1 aliphatic rings. The average Bonchev–Trinajstić information content (AvgIpc) is 3.32. The van der Waals surface area contributed by atoms with E-state index in [0.717, 1.165) is 21.2 Å². The van der Waals surface area contributed by atoms with Crippen LogP contribution in [-0.4, -0.2) is 10.8 Å². The molecule has 4 aromatic rings. The number of amides is 1. The van der Waals surface area contributed by atoms with Gasteiger partial charge >= 0.3 is 0 Å². The van der Waals surface area contributed by atoms with Crippen LogP contribution in [-0.2, 0) is 6.54 Å². The Hall–Kier alpha value is -3.12. The molecule has 0 radical (unpaired) electrons. The molecule has 0 fully saturated rings. The lowest BCUT2D eigenvalue weighted by atomic mass is 9.97. The number of carbonyl (C=O) groups is 1. The van der Waals surface area contributed by atoms with Crippen molar-refractivity contribution in [1.82, 2.24) is 4.90 Å². The number of fused-ring (bicyclic) bond motifs is 2. The summed E-state index contributed by atoms with van der Waals surface area (Å²) in [5.74, 6) is 0.427. The van der Waals surface area contributed by atoms with Gasteiger partial charge in [0.05, 0.1) is 29.8 Å². The molecule has 1 atom stereocenters. The highest BCUT2D eigenvalue weighted by Crippen LogP contribution is 2.40. The maximum Gasteiger partial charge on any atom is 0.291 e. The molecule has 0 saturated heterocycles. The lowest BCUT2D eigenvalue weighted by molar-refractivity contribution is 0.0701. The molecule has 0 N–H and O–H groups in total. The third kappa shape index (κ3) is 2.91. The molecular weight excluding hydrogens is 446 g/mol. The predicted molar refractivity (Wildman–Crippen MR) is 117 cm³/mol. The van der Waals surface area contributed by atoms with Gasteiger partial charge in [0.25, 0.3) is 5.91 Å². The van der Waals surface area contributed by atoms with Crippen molar-refractivity contribution in [2.24, 2.45) is 0 Å². The molecule has 3 heterocycles. The molecule has 2 aromatic carbocycles. The van der Waals surface area contributed by atoms with Crippen molar-refractivity contribution >= 4 is 32.8 Å². The van der Waals surface area contributed by atoms with Gasteiger partial charge < -0.3 is 13.7 Å². The van der Waals surface area contributed by atoms with Gasteiger partial charge in [-0.05, 0) is 66.9 Å². The summed E-state index contributed by atoms with van der Waals surface area (Å²) in [6, 6.07) is 14.3. The Bertz CT molecular complexity index is 1350. The molecule has 30 heavy (non-hydrogen) atoms. The zero-order valence-corrected chi connectivity index (χ0v) is 18.0. The molecule has 1 aliphatic heterocycles. The Kier molecular flexibility index (Phi) is 4.40. The first-order valence-electron chi connectivity index (χ1n) is 9.61. The zero-order chi connectivity index (χ0) is 21.0. The van der Waals surface area contributed by atoms with Crippen LogP contribution in [0.3, 0.4) is 0 Å². The van der Waals surface area contributed by atoms with Crippen LogP contribution in [0.1, 0.15) is 44.6 Å². The summed E-state index contributed by atoms with van der Waals surface area (Å²) in [7, 11) is 0. The standard InChI is InChI=1S/C24H18BrNO4/c1-13-9-18-19(10-14(13)2)30-23-20(22(18)27)21(15-5-3-6-16(25)11-15)26(24(23)28)12-17-7-4-8-29-17/h3-11,21H,12H2,1-2H3/t21-/m0/s1. The van der Waals surface area contributed by atoms with Crippen molar-refractivity contribution in [3.8, 4) is 0 Å². The van der Waals surface area contributed by atoms with E-state index in [1.165, 1.54) is 0 Å². The van der Waals surface area contributed by atoms with Gasteiger partial charge in [0.15, 0.2) is 5.43 Å². The lowest BCUT2D eigenvalue weighted by Crippen LogP contribution is -2.29. The van der Waals surface area contributed by atoms with Gasteiger partial charge in [-0.3, -0.25) is 9.59 Å². The van der Waals surface area contributed by atoms with Crippen molar-refractivity contribution in [2.45, 2.75) is 26.4 Å². The second-order valence-corrected chi connectivity index (χ2v) is 8.49. The van der Waals surface area contributed by atoms with Gasteiger partial charge in [-0.2, -0.15) is 0 Å². The van der Waals surface area contributed by atoms with Crippen LogP contribution < -0.4 is 5.43 Å². The van der Waals surface area contributed by atoms with E-state index in [1.54, 1.807) is 17.2 Å². The van der Waals surface area contributed by atoms with E-state index in [2.05, 4.69) is 15.9 Å². The Morgan fingerprint density at radius 1 is 1.03 bits per heavy atom. The summed E-state index contributed by atoms with van der Waals surface area (Å²) in [6.07, 6.45) is 1.57. The van der Waals surface area contributed by atoms with Gasteiger partial charge in [-0.1, -0.05) is 28.1 Å². The molecule has 0 bridgehead atoms. The fourth-order valence-corrected chi connectivity index (χ4v) is 4.45. The molecule has 0 spiro atoms. The molecule has 0 aliphatic carbocycles. The number of hydrogen-bond donors (Lipinski definition) is 0. The second kappa shape index (κ2) is 6.99. The molecule has 0 unspecified atom stereocenters. The van der Waals surface area contributed by atoms with E-state index >= 15 is 0 Å². The van der Waals surface area contributed by atoms with Crippen LogP contribution in [0.25, 0.3) is 11.0 Å². The molecule has 6 heteroatoms. The average molecular weight is 464 g/mol. The summed E-state index contributed by atoms with van der Waals surface area (Å²) < 4.78 is 12.4. The topological polar surface area (TPSA) is 63.7 Å². The van der Waals surface area contributed by atoms with Crippen LogP contribution >= 0.6 is 15.9 Å². The third-order valence-electron chi connectivity index (χ3n) is 5.65. The molecular formula is C24H18BrNO4. The first kappa shape index (κ1) is 18.9. The van der Waals surface area contributed by atoms with Gasteiger partial charge in [0, 0.05) is 4.47 Å². The third-order valence-corrected chi connectivity index (χ3v) is 6.15. The summed E-state index contributed by atoms with van der Waals surface area (Å²) in [5, 5.41) is 0.490. The van der Waals surface area contributed by atoms with Crippen LogP contribution in [0, 0.1) is 13.8 Å². The number of aryl methyl sites for hydroxylation is 2. The minimum atomic E-state index is -0.558. The quantitative estimate of drug-likeness (QED) is 0.401. The first-order chi connectivity index (χ1) is 14.4. The monoisotopic (exact) mass is 463 g/mol. The number of hydrogen-bond acceptors (Lipinski definition) is 4. The number of nitrogens with zero attached hydrogens (tertiary/aromatic N) is 1. The Morgan fingerprint density at radius 2 is 1.83 bits per heavy atom. The lowest BCUT2D eigenvalue weighted by Gasteiger charge is -2.24. The fraction of sp³-hybridized carbons (Fsp3) is 0.167. The highest BCUT2D eigenvalue weighted by molar-refractivity contribution is 9.10. The van der Waals surface area contributed by atoms with E-state index in [9.17, 15) is 9.59 Å². The van der Waals surface area contributed by atoms with Crippen molar-refractivity contribution in [1.29, 1.82) is 0 Å². The highest BCUT2D eigenvalue weighted by Gasteiger charge is 2.43. The number of halogens is 1. The van der Waals surface area contributed by atoms with E-state index in [1.807, 2.05) is 56.3 Å². The van der Waals surface area contributed by atoms with Crippen LogP contribution in [0.5, 0.6) is 0 Å². The van der Waals surface area contributed by atoms with E-state index in [-0.39, 0.29) is 23.6 Å². The minimum Gasteiger partial charge on any atom is -0.467 e. The fourth-order valence-electron chi connectivity index (χ4n) is 4.03. The van der Waals surface area contributed by atoms with Crippen LogP contribution in [0.4, 0.5) is 0 Å². The largest absolute Gasteiger partial charge is 0.467 e. The number of benzene rings is 2. The van der Waals surface area contributed by atoms with E-state index in [0.29, 0.717) is 22.3 Å². The summed E-state index contributed by atoms with van der Waals surface area (Å²) >= 11 is 3.50. The van der Waals surface area contributed by atoms with Gasteiger partial charge in [0.1, 0.15) is 11.3 Å². The molecule has 1 amide bonds. The van der Waals surface area contributed by atoms with Crippen molar-refractivity contribution in [3.05, 3.63) is 103 Å². The maximum absolute atomic E-state index is 13.6. The van der Waals surface area contributed by atoms with Gasteiger partial charge in [-0.15, -0.1) is 0 Å². The van der Waals surface area contributed by atoms with Crippen molar-refractivity contribution in [2.75, 3.05) is 0 Å². The summed E-state index contributed by atoms with van der Waals surface area (Å²) in [6.45, 7) is 4.15. The zero-order valence-electron chi connectivity index (χ0n) is 16.4. The van der Waals surface area contributed by atoms with Gasteiger partial charge in [0.2, 0.25) is 5.76 Å². The smallest absolute Gasteiger partial charge is 0.291 e. The maximum atomic E-state index is 13.6. The Morgan fingerprint density at radius 3 is 2.57 bits per heavy atom. The number of rotatable bonds is 3. The molecule has 5 rings (SSSR count). The van der Waals surface area contributed by atoms with Crippen LogP contribution in [0.15, 0.2) is 72.9 Å².